The van der Waals surface area contributed by atoms with Crippen molar-refractivity contribution in [2.24, 2.45) is 0 Å². The molecule has 98 valence electrons. The number of aromatic nitrogens is 3. The van der Waals surface area contributed by atoms with Crippen LogP contribution in [-0.4, -0.2) is 20.5 Å². The second kappa shape index (κ2) is 3.63. The first kappa shape index (κ1) is 12.7. The fourth-order valence-electron chi connectivity index (χ4n) is 1.57. The molecule has 0 N–H and O–H groups in total. The summed E-state index contributed by atoms with van der Waals surface area (Å²) in [7, 11) is 0. The van der Waals surface area contributed by atoms with Gasteiger partial charge in [0, 0.05) is 12.3 Å². The van der Waals surface area contributed by atoms with Crippen LogP contribution in [0.25, 0.3) is 5.65 Å². The highest BCUT2D eigenvalue weighted by atomic mass is 19.4. The summed E-state index contributed by atoms with van der Waals surface area (Å²) in [6.45, 7) is 2.94. The average Bonchev–Trinajstić information content (AvgIpc) is 2.57. The van der Waals surface area contributed by atoms with Gasteiger partial charge in [-0.1, -0.05) is 0 Å². The lowest BCUT2D eigenvalue weighted by Gasteiger charge is -2.19. The van der Waals surface area contributed by atoms with Crippen LogP contribution in [-0.2, 0) is 5.92 Å². The molecule has 2 heterocycles. The van der Waals surface area contributed by atoms with E-state index in [4.69, 9.17) is 0 Å². The molecule has 0 unspecified atom stereocenters. The Balaban J connectivity index is 2.66. The molecule has 2 aromatic heterocycles. The molecule has 18 heavy (non-hydrogen) atoms. The van der Waals surface area contributed by atoms with Crippen LogP contribution >= 0.6 is 0 Å². The molecule has 0 aliphatic carbocycles. The highest BCUT2D eigenvalue weighted by Crippen LogP contribution is 2.43. The zero-order valence-electron chi connectivity index (χ0n) is 9.39. The molecular formula is C10H8F5N3. The van der Waals surface area contributed by atoms with E-state index < -0.39 is 17.8 Å². The molecule has 0 atom stereocenters. The summed E-state index contributed by atoms with van der Waals surface area (Å²) in [4.78, 5) is 7.16. The third-order valence-electron chi connectivity index (χ3n) is 2.43. The normalized spacial score (nSPS) is 13.3. The minimum Gasteiger partial charge on any atom is -0.288 e. The van der Waals surface area contributed by atoms with E-state index in [0.717, 1.165) is 0 Å². The number of fused-ring (bicyclic) bond motifs is 1. The van der Waals surface area contributed by atoms with Crippen molar-refractivity contribution in [3.8, 4) is 0 Å². The first-order valence-corrected chi connectivity index (χ1v) is 4.91. The van der Waals surface area contributed by atoms with Crippen LogP contribution in [0.5, 0.6) is 0 Å². The summed E-state index contributed by atoms with van der Waals surface area (Å²) < 4.78 is 64.4. The lowest BCUT2D eigenvalue weighted by Crippen LogP contribution is -2.34. The second-order valence-corrected chi connectivity index (χ2v) is 3.87. The number of hydrogen-bond acceptors (Lipinski definition) is 2. The molecule has 0 saturated carbocycles. The molecule has 0 fully saturated rings. The predicted molar refractivity (Wildman–Crippen MR) is 52.4 cm³/mol. The first-order valence-electron chi connectivity index (χ1n) is 4.91. The maximum absolute atomic E-state index is 13.2. The minimum absolute atomic E-state index is 0.0129. The second-order valence-electron chi connectivity index (χ2n) is 3.87. The largest absolute Gasteiger partial charge is 0.459 e. The monoisotopic (exact) mass is 265 g/mol. The molecule has 0 aliphatic rings. The van der Waals surface area contributed by atoms with E-state index in [0.29, 0.717) is 11.8 Å². The average molecular weight is 265 g/mol. The molecular weight excluding hydrogens is 257 g/mol. The number of imidazole rings is 1. The van der Waals surface area contributed by atoms with Crippen LogP contribution in [0.15, 0.2) is 12.3 Å². The van der Waals surface area contributed by atoms with Crippen molar-refractivity contribution in [2.45, 2.75) is 25.9 Å². The van der Waals surface area contributed by atoms with Crippen molar-refractivity contribution in [1.29, 1.82) is 0 Å². The molecule has 2 aromatic rings. The Bertz CT molecular complexity index is 599. The summed E-state index contributed by atoms with van der Waals surface area (Å²) in [6.07, 6.45) is -4.17. The van der Waals surface area contributed by atoms with E-state index in [9.17, 15) is 22.0 Å². The smallest absolute Gasteiger partial charge is 0.288 e. The number of halogens is 5. The standard InChI is InChI=1S/C10H8F5N3/c1-5-4-18-6(2)17-7(3-8(18)16-5)9(11,12)10(13,14)15/h3-4H,1-2H3. The maximum atomic E-state index is 13.2. The minimum atomic E-state index is -5.67. The Morgan fingerprint density at radius 2 is 1.67 bits per heavy atom. The SMILES string of the molecule is Cc1cn2c(C)nc(C(F)(F)C(F)(F)F)cc2n1. The van der Waals surface area contributed by atoms with Crippen molar-refractivity contribution in [3.63, 3.8) is 0 Å². The van der Waals surface area contributed by atoms with Gasteiger partial charge in [-0.05, 0) is 13.8 Å². The lowest BCUT2D eigenvalue weighted by molar-refractivity contribution is -0.291. The summed E-state index contributed by atoms with van der Waals surface area (Å²) >= 11 is 0. The Morgan fingerprint density at radius 1 is 1.06 bits per heavy atom. The van der Waals surface area contributed by atoms with Gasteiger partial charge in [0.25, 0.3) is 0 Å². The van der Waals surface area contributed by atoms with E-state index in [1.165, 1.54) is 17.5 Å². The van der Waals surface area contributed by atoms with Crippen molar-refractivity contribution >= 4 is 5.65 Å². The van der Waals surface area contributed by atoms with Gasteiger partial charge < -0.3 is 0 Å². The first-order chi connectivity index (χ1) is 8.13. The van der Waals surface area contributed by atoms with E-state index >= 15 is 0 Å². The lowest BCUT2D eigenvalue weighted by atomic mass is 10.2. The maximum Gasteiger partial charge on any atom is 0.459 e. The number of nitrogens with zero attached hydrogens (tertiary/aromatic N) is 3. The summed E-state index contributed by atoms with van der Waals surface area (Å²) in [6, 6.07) is 0.646. The summed E-state index contributed by atoms with van der Waals surface area (Å²) in [5, 5.41) is 0. The van der Waals surface area contributed by atoms with Gasteiger partial charge in [0.05, 0.1) is 5.69 Å². The third kappa shape index (κ3) is 1.81. The molecule has 0 amide bonds. The third-order valence-corrected chi connectivity index (χ3v) is 2.43. The van der Waals surface area contributed by atoms with Crippen molar-refractivity contribution in [2.75, 3.05) is 0 Å². The quantitative estimate of drug-likeness (QED) is 0.742. The fourth-order valence-corrected chi connectivity index (χ4v) is 1.57. The molecule has 3 nitrogen and oxygen atoms in total. The molecule has 8 heteroatoms. The highest BCUT2D eigenvalue weighted by molar-refractivity contribution is 5.43. The summed E-state index contributed by atoms with van der Waals surface area (Å²) in [5.41, 5.74) is -0.822. The fraction of sp³-hybridized carbons (Fsp3) is 0.400. The van der Waals surface area contributed by atoms with E-state index in [1.54, 1.807) is 6.92 Å². The molecule has 0 aromatic carbocycles. The van der Waals surface area contributed by atoms with Crippen LogP contribution in [0.2, 0.25) is 0 Å². The van der Waals surface area contributed by atoms with Gasteiger partial charge in [0.2, 0.25) is 0 Å². The predicted octanol–water partition coefficient (Wildman–Crippen LogP) is 3.00. The van der Waals surface area contributed by atoms with Crippen LogP contribution in [0, 0.1) is 13.8 Å². The van der Waals surface area contributed by atoms with Crippen molar-refractivity contribution in [3.05, 3.63) is 29.5 Å². The summed E-state index contributed by atoms with van der Waals surface area (Å²) in [5.74, 6) is -4.97. The van der Waals surface area contributed by atoms with Crippen LogP contribution in [0.4, 0.5) is 22.0 Å². The van der Waals surface area contributed by atoms with Gasteiger partial charge in [-0.15, -0.1) is 0 Å². The van der Waals surface area contributed by atoms with Crippen LogP contribution in [0.3, 0.4) is 0 Å². The topological polar surface area (TPSA) is 30.2 Å². The number of aryl methyl sites for hydroxylation is 2. The number of hydrogen-bond donors (Lipinski definition) is 0. The highest BCUT2D eigenvalue weighted by Gasteiger charge is 2.60. The molecule has 0 bridgehead atoms. The van der Waals surface area contributed by atoms with E-state index in [1.807, 2.05) is 0 Å². The Hall–Kier alpha value is -1.73. The van der Waals surface area contributed by atoms with Gasteiger partial charge in [-0.2, -0.15) is 22.0 Å². The van der Waals surface area contributed by atoms with E-state index in [2.05, 4.69) is 9.97 Å². The molecule has 0 aliphatic heterocycles. The zero-order chi connectivity index (χ0) is 13.7. The van der Waals surface area contributed by atoms with Gasteiger partial charge in [-0.3, -0.25) is 4.40 Å². The Labute approximate surface area is 98.3 Å². The van der Waals surface area contributed by atoms with Gasteiger partial charge >= 0.3 is 12.1 Å². The number of rotatable bonds is 1. The molecule has 0 spiro atoms. The van der Waals surface area contributed by atoms with Crippen molar-refractivity contribution < 1.29 is 22.0 Å². The van der Waals surface area contributed by atoms with Gasteiger partial charge in [0.15, 0.2) is 0 Å². The Kier molecular flexibility index (Phi) is 2.56. The van der Waals surface area contributed by atoms with Gasteiger partial charge in [0.1, 0.15) is 17.2 Å². The molecule has 0 radical (unpaired) electrons. The van der Waals surface area contributed by atoms with Crippen LogP contribution in [0.1, 0.15) is 17.2 Å². The molecule has 2 rings (SSSR count). The zero-order valence-corrected chi connectivity index (χ0v) is 9.39. The number of alkyl halides is 5. The Morgan fingerprint density at radius 3 is 2.22 bits per heavy atom. The van der Waals surface area contributed by atoms with E-state index in [-0.39, 0.29) is 11.5 Å². The van der Waals surface area contributed by atoms with Crippen molar-refractivity contribution in [1.82, 2.24) is 14.4 Å². The van der Waals surface area contributed by atoms with Gasteiger partial charge in [-0.25, -0.2) is 9.97 Å². The molecule has 0 saturated heterocycles. The van der Waals surface area contributed by atoms with Crippen LogP contribution < -0.4 is 0 Å².